The fourth-order valence-corrected chi connectivity index (χ4v) is 1.92. The van der Waals surface area contributed by atoms with Gasteiger partial charge in [0.1, 0.15) is 11.8 Å². The van der Waals surface area contributed by atoms with E-state index in [1.807, 2.05) is 0 Å². The predicted molar refractivity (Wildman–Crippen MR) is 75.5 cm³/mol. The highest BCUT2D eigenvalue weighted by atomic mass is 19.4. The smallest absolute Gasteiger partial charge is 0.428 e. The van der Waals surface area contributed by atoms with Gasteiger partial charge in [-0.2, -0.15) is 18.3 Å². The van der Waals surface area contributed by atoms with Crippen molar-refractivity contribution in [1.82, 2.24) is 10.4 Å². The van der Waals surface area contributed by atoms with Gasteiger partial charge in [0.05, 0.1) is 24.1 Å². The lowest BCUT2D eigenvalue weighted by Gasteiger charge is -2.21. The van der Waals surface area contributed by atoms with Crippen molar-refractivity contribution in [2.24, 2.45) is 5.10 Å². The minimum Gasteiger partial charge on any atom is -0.501 e. The number of halogens is 3. The second-order valence-corrected chi connectivity index (χ2v) is 4.57. The summed E-state index contributed by atoms with van der Waals surface area (Å²) in [5.74, 6) is 0. The van der Waals surface area contributed by atoms with E-state index in [-0.39, 0.29) is 17.0 Å². The maximum Gasteiger partial charge on any atom is 0.428 e. The van der Waals surface area contributed by atoms with Crippen molar-refractivity contribution in [3.05, 3.63) is 35.3 Å². The Balaban J connectivity index is 2.42. The van der Waals surface area contributed by atoms with Crippen LogP contribution in [0.1, 0.15) is 30.7 Å². The van der Waals surface area contributed by atoms with Crippen molar-refractivity contribution in [1.29, 1.82) is 0 Å². The predicted octanol–water partition coefficient (Wildman–Crippen LogP) is 2.94. The molecule has 0 bridgehead atoms. The molecule has 9 heteroatoms. The van der Waals surface area contributed by atoms with E-state index in [9.17, 15) is 18.0 Å². The number of carbonyl (C=O) groups is 1. The minimum atomic E-state index is -4.60. The molecule has 23 heavy (non-hydrogen) atoms. The number of carbonyl (C=O) groups excluding carboxylic acids is 1. The summed E-state index contributed by atoms with van der Waals surface area (Å²) in [6.07, 6.45) is -2.62. The van der Waals surface area contributed by atoms with Gasteiger partial charge >= 0.3 is 12.3 Å². The standard InChI is InChI=1S/C14H14F3N3O3/c1-3-22-5-4-11-10(14(15,16)17)6-9(7-18-11)12-8(2)23-13(21)20-19-12/h4-8H,3H2,1-2H3,(H,20,21)/b5-4+. The van der Waals surface area contributed by atoms with Crippen LogP contribution in [0.5, 0.6) is 0 Å². The summed E-state index contributed by atoms with van der Waals surface area (Å²) in [4.78, 5) is 14.8. The number of alkyl halides is 3. The molecule has 124 valence electrons. The average Bonchev–Trinajstić information content (AvgIpc) is 2.47. The molecule has 0 radical (unpaired) electrons. The lowest BCUT2D eigenvalue weighted by atomic mass is 10.0. The Kier molecular flexibility index (Phi) is 4.87. The molecule has 1 N–H and O–H groups in total. The summed E-state index contributed by atoms with van der Waals surface area (Å²) in [7, 11) is 0. The third-order valence-corrected chi connectivity index (χ3v) is 2.95. The molecular formula is C14H14F3N3O3. The third-order valence-electron chi connectivity index (χ3n) is 2.95. The number of pyridine rings is 1. The Morgan fingerprint density at radius 1 is 1.48 bits per heavy atom. The topological polar surface area (TPSA) is 72.8 Å². The summed E-state index contributed by atoms with van der Waals surface area (Å²) >= 11 is 0. The number of hydrazone groups is 1. The molecule has 1 aromatic heterocycles. The van der Waals surface area contributed by atoms with Crippen LogP contribution in [0.15, 0.2) is 23.6 Å². The second kappa shape index (κ2) is 6.67. The second-order valence-electron chi connectivity index (χ2n) is 4.57. The monoisotopic (exact) mass is 329 g/mol. The van der Waals surface area contributed by atoms with E-state index >= 15 is 0 Å². The van der Waals surface area contributed by atoms with Crippen molar-refractivity contribution < 1.29 is 27.4 Å². The van der Waals surface area contributed by atoms with E-state index in [1.165, 1.54) is 13.1 Å². The fraction of sp³-hybridized carbons (Fsp3) is 0.357. The van der Waals surface area contributed by atoms with Crippen LogP contribution in [-0.4, -0.2) is 29.5 Å². The first kappa shape index (κ1) is 16.8. The lowest BCUT2D eigenvalue weighted by molar-refractivity contribution is -0.138. The lowest BCUT2D eigenvalue weighted by Crippen LogP contribution is -2.37. The molecule has 0 fully saturated rings. The van der Waals surface area contributed by atoms with E-state index in [0.717, 1.165) is 18.4 Å². The number of hydrogen-bond donors (Lipinski definition) is 1. The zero-order valence-corrected chi connectivity index (χ0v) is 12.3. The van der Waals surface area contributed by atoms with E-state index < -0.39 is 23.9 Å². The molecule has 1 aliphatic rings. The maximum absolute atomic E-state index is 13.2. The average molecular weight is 329 g/mol. The normalized spacial score (nSPS) is 18.4. The van der Waals surface area contributed by atoms with Gasteiger partial charge in [0.2, 0.25) is 0 Å². The Hall–Kier alpha value is -2.58. The molecule has 6 nitrogen and oxygen atoms in total. The highest BCUT2D eigenvalue weighted by molar-refractivity contribution is 6.05. The number of nitrogens with one attached hydrogen (secondary N) is 1. The molecule has 1 unspecified atom stereocenters. The van der Waals surface area contributed by atoms with Crippen LogP contribution in [0.3, 0.4) is 0 Å². The largest absolute Gasteiger partial charge is 0.501 e. The van der Waals surface area contributed by atoms with Gasteiger partial charge < -0.3 is 9.47 Å². The van der Waals surface area contributed by atoms with Crippen LogP contribution >= 0.6 is 0 Å². The Morgan fingerprint density at radius 3 is 2.83 bits per heavy atom. The molecule has 1 aromatic rings. The number of nitrogens with zero attached hydrogens (tertiary/aromatic N) is 2. The van der Waals surface area contributed by atoms with Crippen LogP contribution < -0.4 is 5.43 Å². The van der Waals surface area contributed by atoms with Crippen LogP contribution in [0.4, 0.5) is 18.0 Å². The van der Waals surface area contributed by atoms with E-state index in [1.54, 1.807) is 6.92 Å². The molecule has 1 amide bonds. The Bertz CT molecular complexity index is 656. The van der Waals surface area contributed by atoms with Gasteiger partial charge in [-0.3, -0.25) is 4.98 Å². The molecule has 0 aliphatic carbocycles. The summed E-state index contributed by atoms with van der Waals surface area (Å²) in [6.45, 7) is 3.55. The first-order valence-electron chi connectivity index (χ1n) is 6.73. The van der Waals surface area contributed by atoms with E-state index in [2.05, 4.69) is 15.5 Å². The van der Waals surface area contributed by atoms with Crippen molar-refractivity contribution in [2.75, 3.05) is 6.61 Å². The van der Waals surface area contributed by atoms with Crippen molar-refractivity contribution in [3.8, 4) is 0 Å². The van der Waals surface area contributed by atoms with Gasteiger partial charge in [-0.15, -0.1) is 0 Å². The molecule has 0 spiro atoms. The van der Waals surface area contributed by atoms with Gasteiger partial charge in [-0.1, -0.05) is 0 Å². The summed E-state index contributed by atoms with van der Waals surface area (Å²) in [5.41, 5.74) is 1.12. The molecule has 1 atom stereocenters. The third kappa shape index (κ3) is 3.99. The van der Waals surface area contributed by atoms with Crippen molar-refractivity contribution in [2.45, 2.75) is 26.1 Å². The Morgan fingerprint density at radius 2 is 2.22 bits per heavy atom. The van der Waals surface area contributed by atoms with Crippen LogP contribution in [0.25, 0.3) is 6.08 Å². The summed E-state index contributed by atoms with van der Waals surface area (Å²) in [5, 5.41) is 3.73. The zero-order chi connectivity index (χ0) is 17.0. The fourth-order valence-electron chi connectivity index (χ4n) is 1.92. The minimum absolute atomic E-state index is 0.110. The molecule has 2 rings (SSSR count). The SMILES string of the molecule is CCO/C=C/c1ncc(C2=NNC(=O)OC2C)cc1C(F)(F)F. The van der Waals surface area contributed by atoms with Gasteiger partial charge in [-0.25, -0.2) is 10.2 Å². The highest BCUT2D eigenvalue weighted by Crippen LogP contribution is 2.32. The van der Waals surface area contributed by atoms with Crippen LogP contribution in [0, 0.1) is 0 Å². The summed E-state index contributed by atoms with van der Waals surface area (Å²) < 4.78 is 49.4. The van der Waals surface area contributed by atoms with Gasteiger partial charge in [0, 0.05) is 11.8 Å². The Labute approximate surface area is 130 Å². The summed E-state index contributed by atoms with van der Waals surface area (Å²) in [6, 6.07) is 0.911. The number of hydrogen-bond acceptors (Lipinski definition) is 5. The number of rotatable bonds is 4. The van der Waals surface area contributed by atoms with Crippen molar-refractivity contribution >= 4 is 17.9 Å². The number of ether oxygens (including phenoxy) is 2. The molecule has 0 saturated carbocycles. The zero-order valence-electron chi connectivity index (χ0n) is 12.3. The van der Waals surface area contributed by atoms with Crippen molar-refractivity contribution in [3.63, 3.8) is 0 Å². The molecule has 0 aromatic carbocycles. The molecule has 0 saturated heterocycles. The molecule has 1 aliphatic heterocycles. The first-order valence-corrected chi connectivity index (χ1v) is 6.73. The quantitative estimate of drug-likeness (QED) is 0.862. The van der Waals surface area contributed by atoms with E-state index in [4.69, 9.17) is 9.47 Å². The van der Waals surface area contributed by atoms with Gasteiger partial charge in [0.15, 0.2) is 0 Å². The van der Waals surface area contributed by atoms with Crippen LogP contribution in [0.2, 0.25) is 0 Å². The highest BCUT2D eigenvalue weighted by Gasteiger charge is 2.35. The molecule has 2 heterocycles. The van der Waals surface area contributed by atoms with Gasteiger partial charge in [-0.05, 0) is 26.0 Å². The van der Waals surface area contributed by atoms with Gasteiger partial charge in [0.25, 0.3) is 0 Å². The maximum atomic E-state index is 13.2. The van der Waals surface area contributed by atoms with E-state index in [0.29, 0.717) is 6.61 Å². The number of cyclic esters (lactones) is 1. The first-order chi connectivity index (χ1) is 10.8. The van der Waals surface area contributed by atoms with Crippen LogP contribution in [-0.2, 0) is 15.7 Å². The molecular weight excluding hydrogens is 315 g/mol. The number of amides is 1. The number of aromatic nitrogens is 1.